The Morgan fingerprint density at radius 1 is 0.344 bits per heavy atom. The Kier molecular flexibility index (Phi) is 28.4. The van der Waals surface area contributed by atoms with Gasteiger partial charge in [-0.25, -0.2) is 28.8 Å². The molecule has 9 N–H and O–H groups in total. The number of rotatable bonds is 27. The van der Waals surface area contributed by atoms with Crippen LogP contribution in [-0.2, 0) is 62.1 Å². The molecule has 516 valence electrons. The highest BCUT2D eigenvalue weighted by Crippen LogP contribution is 2.41. The van der Waals surface area contributed by atoms with Gasteiger partial charge in [-0.2, -0.15) is 0 Å². The number of ether oxygens (including phenoxy) is 12. The molecule has 0 unspecified atom stereocenters. The van der Waals surface area contributed by atoms with E-state index in [1.807, 2.05) is 36.4 Å². The topological polar surface area (TPSA) is 373 Å². The van der Waals surface area contributed by atoms with Crippen LogP contribution < -0.4 is 76.3 Å². The first-order valence-electron chi connectivity index (χ1n) is 30.2. The highest BCUT2D eigenvalue weighted by atomic mass is 16.6. The molecule has 4 rings (SSSR count). The van der Waals surface area contributed by atoms with Crippen molar-refractivity contribution in [1.82, 2.24) is 47.9 Å². The second kappa shape index (κ2) is 34.8. The fourth-order valence-electron chi connectivity index (χ4n) is 8.62. The average Bonchev–Trinajstić information content (AvgIpc) is 1.75. The van der Waals surface area contributed by atoms with Crippen molar-refractivity contribution < 1.29 is 100.0 Å². The fourth-order valence-corrected chi connectivity index (χ4v) is 8.62. The van der Waals surface area contributed by atoms with Crippen LogP contribution in [0.1, 0.15) is 137 Å². The van der Waals surface area contributed by atoms with Crippen LogP contribution in [0.3, 0.4) is 0 Å². The van der Waals surface area contributed by atoms with Crippen molar-refractivity contribution in [3.8, 4) is 34.5 Å². The van der Waals surface area contributed by atoms with E-state index in [0.717, 1.165) is 33.4 Å². The average molecular weight is 1310 g/mol. The fraction of sp³-hybridized carbons (Fsp3) is 0.571. The maximum Gasteiger partial charge on any atom is 0.409 e. The van der Waals surface area contributed by atoms with E-state index in [0.29, 0.717) is 53.8 Å². The van der Waals surface area contributed by atoms with Gasteiger partial charge in [0.25, 0.3) is 0 Å². The summed E-state index contributed by atoms with van der Waals surface area (Å²) in [6.45, 7) is 23.7. The van der Waals surface area contributed by atoms with Gasteiger partial charge in [0, 0.05) is 0 Å². The summed E-state index contributed by atoms with van der Waals surface area (Å²) in [5.74, 6) is 0.354. The minimum absolute atomic E-state index is 0.0226. The largest absolute Gasteiger partial charge is 0.493 e. The lowest BCUT2D eigenvalue weighted by molar-refractivity contribution is -0.126. The molecule has 30 heteroatoms. The van der Waals surface area contributed by atoms with Gasteiger partial charge in [0.2, 0.25) is 17.7 Å². The summed E-state index contributed by atoms with van der Waals surface area (Å²) in [4.78, 5) is 113. The van der Waals surface area contributed by atoms with E-state index in [1.54, 1.807) is 62.3 Å². The zero-order chi connectivity index (χ0) is 69.5. The molecule has 0 radical (unpaired) electrons. The molecule has 93 heavy (non-hydrogen) atoms. The molecule has 1 aliphatic carbocycles. The van der Waals surface area contributed by atoms with E-state index in [4.69, 9.17) is 56.8 Å². The maximum absolute atomic E-state index is 12.8. The smallest absolute Gasteiger partial charge is 0.409 e. The molecule has 0 aliphatic heterocycles. The zero-order valence-corrected chi connectivity index (χ0v) is 56.4. The van der Waals surface area contributed by atoms with E-state index in [-0.39, 0.29) is 39.5 Å². The Morgan fingerprint density at radius 2 is 0.559 bits per heavy atom. The van der Waals surface area contributed by atoms with Crippen molar-refractivity contribution in [2.45, 2.75) is 177 Å². The third-order valence-electron chi connectivity index (χ3n) is 12.8. The van der Waals surface area contributed by atoms with Gasteiger partial charge in [-0.05, 0) is 193 Å². The molecule has 3 aromatic rings. The molecule has 30 nitrogen and oxygen atoms in total. The van der Waals surface area contributed by atoms with Crippen molar-refractivity contribution >= 4 is 54.3 Å². The third kappa shape index (κ3) is 27.1. The number of benzene rings is 3. The van der Waals surface area contributed by atoms with Gasteiger partial charge in [-0.3, -0.25) is 14.4 Å². The minimum atomic E-state index is -1.07. The van der Waals surface area contributed by atoms with Gasteiger partial charge < -0.3 is 105 Å². The first-order valence-corrected chi connectivity index (χ1v) is 30.2. The van der Waals surface area contributed by atoms with Gasteiger partial charge in [-0.15, -0.1) is 0 Å². The molecule has 0 fully saturated rings. The van der Waals surface area contributed by atoms with Crippen LogP contribution in [0.15, 0.2) is 36.4 Å². The predicted octanol–water partition coefficient (Wildman–Crippen LogP) is 6.24. The molecule has 0 bridgehead atoms. The molecule has 0 saturated heterocycles. The molecular formula is C63H93N9O21. The molecular weight excluding hydrogens is 1220 g/mol. The first kappa shape index (κ1) is 75.9. The Bertz CT molecular complexity index is 2780. The highest BCUT2D eigenvalue weighted by molar-refractivity contribution is 5.87. The lowest BCUT2D eigenvalue weighted by atomic mass is 9.94. The van der Waals surface area contributed by atoms with Crippen molar-refractivity contribution in [3.05, 3.63) is 69.8 Å². The number of amides is 9. The molecule has 0 heterocycles. The monoisotopic (exact) mass is 1310 g/mol. The number of fused-ring (bicyclic) bond motifs is 3. The van der Waals surface area contributed by atoms with Crippen LogP contribution in [-0.4, -0.2) is 169 Å². The number of hydrogen-bond donors (Lipinski definition) is 9. The van der Waals surface area contributed by atoms with Gasteiger partial charge >= 0.3 is 36.6 Å². The lowest BCUT2D eigenvalue weighted by Crippen LogP contribution is -2.50. The summed E-state index contributed by atoms with van der Waals surface area (Å²) in [5.41, 5.74) is 2.68. The van der Waals surface area contributed by atoms with Gasteiger partial charge in [0.1, 0.15) is 54.7 Å². The summed E-state index contributed by atoms with van der Waals surface area (Å²) in [7, 11) is 4.48. The molecule has 1 aliphatic rings. The summed E-state index contributed by atoms with van der Waals surface area (Å²) in [5, 5.41) is 22.6. The zero-order valence-electron chi connectivity index (χ0n) is 56.4. The van der Waals surface area contributed by atoms with Crippen molar-refractivity contribution in [1.29, 1.82) is 0 Å². The Labute approximate surface area is 542 Å². The SMILES string of the molecule is COc1cc2c(cc1OCCNC(=O)O[C@@H](C)NC(=O)[C@H](C)NC(=O)OC(C)(C)C)Cc1cc(OC)c(OCCNC(=O)O[C@@H](C)NC(=O)[C@H](C)NC(=O)OC(C)(C)C)cc1Cc1cc(OC)c(OCCNC(=O)O[C@@H](C)NC(=O)[C@H](C)NC(=O)OC(C)(C)C)cc1C2. The second-order valence-electron chi connectivity index (χ2n) is 24.4. The minimum Gasteiger partial charge on any atom is -0.493 e. The molecule has 0 spiro atoms. The van der Waals surface area contributed by atoms with E-state index < -0.39 is 108 Å². The van der Waals surface area contributed by atoms with E-state index >= 15 is 0 Å². The summed E-state index contributed by atoms with van der Waals surface area (Å²) < 4.78 is 67.8. The van der Waals surface area contributed by atoms with Crippen molar-refractivity contribution in [2.75, 3.05) is 60.8 Å². The van der Waals surface area contributed by atoms with Gasteiger partial charge in [-0.1, -0.05) is 0 Å². The van der Waals surface area contributed by atoms with Crippen LogP contribution in [0.4, 0.5) is 28.8 Å². The molecule has 3 aromatic carbocycles. The van der Waals surface area contributed by atoms with Gasteiger partial charge in [0.05, 0.1) is 41.0 Å². The Morgan fingerprint density at radius 3 is 0.763 bits per heavy atom. The van der Waals surface area contributed by atoms with Crippen molar-refractivity contribution in [2.24, 2.45) is 0 Å². The van der Waals surface area contributed by atoms with Crippen LogP contribution >= 0.6 is 0 Å². The number of carbonyl (C=O) groups is 9. The summed E-state index contributed by atoms with van der Waals surface area (Å²) >= 11 is 0. The van der Waals surface area contributed by atoms with Crippen molar-refractivity contribution in [3.63, 3.8) is 0 Å². The van der Waals surface area contributed by atoms with Crippen LogP contribution in [0.25, 0.3) is 0 Å². The van der Waals surface area contributed by atoms with Gasteiger partial charge in [0.15, 0.2) is 53.2 Å². The van der Waals surface area contributed by atoms with E-state index in [1.165, 1.54) is 62.9 Å². The summed E-state index contributed by atoms with van der Waals surface area (Å²) in [6, 6.07) is 8.13. The second-order valence-corrected chi connectivity index (χ2v) is 24.4. The standard InChI is InChI=1S/C63H93N9O21/c1-34(67-58(79)91-61(7,8)9)52(73)70-37(4)88-55(76)64-19-22-85-49-31-43-25-41-29-47(83-17)51(87-24-21-66-57(78)90-39(6)72-54(75)36(3)69-60(81)93-63(13,14)15)33-45(41)27-42-30-48(84-18)50(32-44(42)26-40(43)28-46(49)82-16)86-23-20-65-56(77)89-38(5)71-53(74)35(2)68-59(80)92-62(10,11)12/h28-39H,19-27H2,1-18H3,(H,64,76)(H,65,77)(H,66,78)(H,67,79)(H,68,80)(H,69,81)(H,70,73)(H,71,74)(H,72,75)/t34-,35-,36-,37-,38-,39-/m0/s1. The van der Waals surface area contributed by atoms with Crippen LogP contribution in [0.2, 0.25) is 0 Å². The van der Waals surface area contributed by atoms with E-state index in [2.05, 4.69) is 47.9 Å². The van der Waals surface area contributed by atoms with Crippen LogP contribution in [0.5, 0.6) is 34.5 Å². The highest BCUT2D eigenvalue weighted by Gasteiger charge is 2.28. The molecule has 6 atom stereocenters. The number of nitrogens with one attached hydrogen (secondary N) is 9. The normalized spacial score (nSPS) is 13.7. The first-order chi connectivity index (χ1) is 43.4. The molecule has 9 amide bonds. The maximum atomic E-state index is 12.8. The Hall–Kier alpha value is -9.51. The quantitative estimate of drug-likeness (QED) is 0.0181. The summed E-state index contributed by atoms with van der Waals surface area (Å²) in [6.07, 6.45) is -7.09. The number of hydrogen-bond acceptors (Lipinski definition) is 21. The Balaban J connectivity index is 1.54. The predicted molar refractivity (Wildman–Crippen MR) is 337 cm³/mol. The number of methoxy groups -OCH3 is 3. The van der Waals surface area contributed by atoms with Crippen LogP contribution in [0, 0.1) is 0 Å². The number of carbonyl (C=O) groups excluding carboxylic acids is 9. The van der Waals surface area contributed by atoms with E-state index in [9.17, 15) is 43.2 Å². The molecule has 0 saturated carbocycles. The third-order valence-corrected chi connectivity index (χ3v) is 12.8. The molecule has 0 aromatic heterocycles. The lowest BCUT2D eigenvalue weighted by Gasteiger charge is -2.22. The number of alkyl carbamates (subject to hydrolysis) is 6.